The van der Waals surface area contributed by atoms with Gasteiger partial charge in [0, 0.05) is 22.0 Å². The van der Waals surface area contributed by atoms with E-state index in [1.807, 2.05) is 0 Å². The summed E-state index contributed by atoms with van der Waals surface area (Å²) in [6.45, 7) is 7.82. The monoisotopic (exact) mass is 309 g/mol. The molecular weight excluding hydrogens is 286 g/mol. The lowest BCUT2D eigenvalue weighted by molar-refractivity contribution is 0.332. The van der Waals surface area contributed by atoms with Crippen LogP contribution < -0.4 is 5.32 Å². The van der Waals surface area contributed by atoms with Crippen molar-refractivity contribution in [1.29, 1.82) is 0 Å². The van der Waals surface area contributed by atoms with Crippen molar-refractivity contribution in [3.63, 3.8) is 0 Å². The highest BCUT2D eigenvalue weighted by Crippen LogP contribution is 2.43. The maximum atomic E-state index is 3.73. The van der Waals surface area contributed by atoms with Gasteiger partial charge in [-0.3, -0.25) is 0 Å². The molecule has 1 fully saturated rings. The van der Waals surface area contributed by atoms with Crippen LogP contribution in [0.2, 0.25) is 0 Å². The summed E-state index contributed by atoms with van der Waals surface area (Å²) in [7, 11) is 0. The number of nitrogens with one attached hydrogen (secondary N) is 1. The van der Waals surface area contributed by atoms with E-state index in [4.69, 9.17) is 0 Å². The van der Waals surface area contributed by atoms with Crippen LogP contribution >= 0.6 is 15.9 Å². The van der Waals surface area contributed by atoms with Gasteiger partial charge in [0.25, 0.3) is 0 Å². The molecule has 0 atom stereocenters. The zero-order valence-electron chi connectivity index (χ0n) is 11.7. The van der Waals surface area contributed by atoms with E-state index < -0.39 is 0 Å². The van der Waals surface area contributed by atoms with E-state index in [0.29, 0.717) is 5.41 Å². The average Bonchev–Trinajstić information content (AvgIpc) is 2.76. The predicted molar refractivity (Wildman–Crippen MR) is 82.0 cm³/mol. The van der Waals surface area contributed by atoms with Crippen molar-refractivity contribution in [1.82, 2.24) is 5.32 Å². The average molecular weight is 310 g/mol. The number of benzene rings is 1. The summed E-state index contributed by atoms with van der Waals surface area (Å²) in [4.78, 5) is 0. The van der Waals surface area contributed by atoms with Crippen molar-refractivity contribution in [2.75, 3.05) is 6.54 Å². The Bertz CT molecular complexity index is 400. The van der Waals surface area contributed by atoms with Crippen LogP contribution in [0.15, 0.2) is 28.7 Å². The van der Waals surface area contributed by atoms with Crippen molar-refractivity contribution in [3.8, 4) is 0 Å². The fraction of sp³-hybridized carbons (Fsp3) is 0.625. The minimum atomic E-state index is 0.191. The summed E-state index contributed by atoms with van der Waals surface area (Å²) in [5.74, 6) is 0. The molecule has 0 aromatic heterocycles. The highest BCUT2D eigenvalue weighted by Gasteiger charge is 2.37. The molecule has 1 aliphatic rings. The maximum absolute atomic E-state index is 3.73. The number of halogens is 1. The predicted octanol–water partition coefficient (Wildman–Crippen LogP) is 4.65. The Morgan fingerprint density at radius 1 is 1.17 bits per heavy atom. The zero-order valence-corrected chi connectivity index (χ0v) is 13.3. The first-order valence-corrected chi connectivity index (χ1v) is 7.72. The molecule has 1 aromatic rings. The van der Waals surface area contributed by atoms with E-state index in [0.717, 1.165) is 6.54 Å². The third-order valence-electron chi connectivity index (χ3n) is 3.96. The van der Waals surface area contributed by atoms with Crippen molar-refractivity contribution in [2.24, 2.45) is 0 Å². The van der Waals surface area contributed by atoms with Gasteiger partial charge in [0.1, 0.15) is 0 Å². The summed E-state index contributed by atoms with van der Waals surface area (Å²) in [6.07, 6.45) is 5.32. The second-order valence-electron chi connectivity index (χ2n) is 6.57. The minimum Gasteiger partial charge on any atom is -0.311 e. The maximum Gasteiger partial charge on any atom is 0.0213 e. The van der Waals surface area contributed by atoms with Gasteiger partial charge >= 0.3 is 0 Å². The standard InChI is InChI=1S/C16H24BrN/c1-15(2,3)18-12-16(10-6-7-11-16)13-8-4-5-9-14(13)17/h4-5,8-9,18H,6-7,10-12H2,1-3H3. The van der Waals surface area contributed by atoms with E-state index in [1.54, 1.807) is 0 Å². The number of hydrogen-bond donors (Lipinski definition) is 1. The number of rotatable bonds is 3. The minimum absolute atomic E-state index is 0.191. The number of hydrogen-bond acceptors (Lipinski definition) is 1. The highest BCUT2D eigenvalue weighted by atomic mass is 79.9. The molecule has 0 heterocycles. The lowest BCUT2D eigenvalue weighted by Gasteiger charge is -2.34. The molecule has 2 heteroatoms. The molecule has 0 unspecified atom stereocenters. The van der Waals surface area contributed by atoms with E-state index >= 15 is 0 Å². The van der Waals surface area contributed by atoms with Gasteiger partial charge in [-0.15, -0.1) is 0 Å². The van der Waals surface area contributed by atoms with Gasteiger partial charge in [-0.05, 0) is 45.2 Å². The molecular formula is C16H24BrN. The van der Waals surface area contributed by atoms with Gasteiger partial charge in [-0.2, -0.15) is 0 Å². The van der Waals surface area contributed by atoms with E-state index in [1.165, 1.54) is 35.7 Å². The van der Waals surface area contributed by atoms with Crippen LogP contribution in [0.4, 0.5) is 0 Å². The van der Waals surface area contributed by atoms with Gasteiger partial charge in [0.15, 0.2) is 0 Å². The lowest BCUT2D eigenvalue weighted by Crippen LogP contribution is -2.45. The first-order chi connectivity index (χ1) is 8.43. The molecule has 1 aromatic carbocycles. The quantitative estimate of drug-likeness (QED) is 0.857. The second-order valence-corrected chi connectivity index (χ2v) is 7.43. The second kappa shape index (κ2) is 5.34. The van der Waals surface area contributed by atoms with Crippen LogP contribution in [0, 0.1) is 0 Å². The van der Waals surface area contributed by atoms with Crippen LogP contribution in [0.3, 0.4) is 0 Å². The Hall–Kier alpha value is -0.340. The van der Waals surface area contributed by atoms with Crippen molar-refractivity contribution >= 4 is 15.9 Å². The van der Waals surface area contributed by atoms with Gasteiger partial charge in [0.2, 0.25) is 0 Å². The van der Waals surface area contributed by atoms with E-state index in [9.17, 15) is 0 Å². The van der Waals surface area contributed by atoms with Crippen molar-refractivity contribution in [2.45, 2.75) is 57.4 Å². The molecule has 2 rings (SSSR count). The molecule has 1 N–H and O–H groups in total. The van der Waals surface area contributed by atoms with Crippen LogP contribution in [0.1, 0.15) is 52.0 Å². The van der Waals surface area contributed by atoms with Crippen molar-refractivity contribution < 1.29 is 0 Å². The smallest absolute Gasteiger partial charge is 0.0213 e. The largest absolute Gasteiger partial charge is 0.311 e. The molecule has 1 nitrogen and oxygen atoms in total. The molecule has 0 spiro atoms. The Labute approximate surface area is 119 Å². The van der Waals surface area contributed by atoms with E-state index in [2.05, 4.69) is 66.3 Å². The van der Waals surface area contributed by atoms with Gasteiger partial charge in [0.05, 0.1) is 0 Å². The summed E-state index contributed by atoms with van der Waals surface area (Å²) in [5.41, 5.74) is 2.00. The van der Waals surface area contributed by atoms with Gasteiger partial charge in [-0.25, -0.2) is 0 Å². The summed E-state index contributed by atoms with van der Waals surface area (Å²) in [6, 6.07) is 8.73. The van der Waals surface area contributed by atoms with Crippen LogP contribution in [0.5, 0.6) is 0 Å². The lowest BCUT2D eigenvalue weighted by atomic mass is 9.78. The Morgan fingerprint density at radius 2 is 1.78 bits per heavy atom. The highest BCUT2D eigenvalue weighted by molar-refractivity contribution is 9.10. The van der Waals surface area contributed by atoms with Gasteiger partial charge in [-0.1, -0.05) is 47.0 Å². The first-order valence-electron chi connectivity index (χ1n) is 6.93. The topological polar surface area (TPSA) is 12.0 Å². The fourth-order valence-electron chi connectivity index (χ4n) is 2.92. The third-order valence-corrected chi connectivity index (χ3v) is 4.65. The SMILES string of the molecule is CC(C)(C)NCC1(c2ccccc2Br)CCCC1. The Morgan fingerprint density at radius 3 is 2.33 bits per heavy atom. The Kier molecular flexibility index (Phi) is 4.18. The van der Waals surface area contributed by atoms with Crippen LogP contribution in [-0.2, 0) is 5.41 Å². The molecule has 0 saturated heterocycles. The third kappa shape index (κ3) is 3.16. The van der Waals surface area contributed by atoms with E-state index in [-0.39, 0.29) is 5.54 Å². The first kappa shape index (κ1) is 14.1. The molecule has 1 saturated carbocycles. The molecule has 100 valence electrons. The summed E-state index contributed by atoms with van der Waals surface area (Å²) >= 11 is 3.73. The summed E-state index contributed by atoms with van der Waals surface area (Å²) < 4.78 is 1.27. The zero-order chi connectivity index (χ0) is 13.2. The molecule has 0 bridgehead atoms. The van der Waals surface area contributed by atoms with Crippen LogP contribution in [0.25, 0.3) is 0 Å². The summed E-state index contributed by atoms with van der Waals surface area (Å²) in [5, 5.41) is 3.71. The van der Waals surface area contributed by atoms with Gasteiger partial charge < -0.3 is 5.32 Å². The molecule has 1 aliphatic carbocycles. The van der Waals surface area contributed by atoms with Crippen molar-refractivity contribution in [3.05, 3.63) is 34.3 Å². The Balaban J connectivity index is 2.25. The fourth-order valence-corrected chi connectivity index (χ4v) is 3.62. The van der Waals surface area contributed by atoms with Crippen LogP contribution in [-0.4, -0.2) is 12.1 Å². The molecule has 0 radical (unpaired) electrons. The normalized spacial score (nSPS) is 19.1. The molecule has 0 aliphatic heterocycles. The molecule has 0 amide bonds. The molecule has 18 heavy (non-hydrogen) atoms.